The molecule has 1 N–H and O–H groups in total. The van der Waals surface area contributed by atoms with Crippen LogP contribution in [-0.4, -0.2) is 66.4 Å². The van der Waals surface area contributed by atoms with Crippen molar-refractivity contribution in [2.24, 2.45) is 17.8 Å². The van der Waals surface area contributed by atoms with Crippen LogP contribution in [0.4, 0.5) is 0 Å². The van der Waals surface area contributed by atoms with E-state index in [2.05, 4.69) is 60.9 Å². The van der Waals surface area contributed by atoms with Crippen LogP contribution in [-0.2, 0) is 11.3 Å². The lowest BCUT2D eigenvalue weighted by atomic mass is 9.75. The highest BCUT2D eigenvalue weighted by atomic mass is 35.5. The minimum atomic E-state index is -0.384. The molecule has 1 saturated heterocycles. The third kappa shape index (κ3) is 8.64. The number of hydrogen-bond acceptors (Lipinski definition) is 4. The fraction of sp³-hybridized carbons (Fsp3) is 0.750. The van der Waals surface area contributed by atoms with E-state index in [0.29, 0.717) is 24.5 Å². The van der Waals surface area contributed by atoms with Crippen LogP contribution < -0.4 is 0 Å². The molecule has 1 aromatic carbocycles. The maximum atomic E-state index is 10.5. The van der Waals surface area contributed by atoms with Crippen molar-refractivity contribution in [3.05, 3.63) is 35.9 Å². The van der Waals surface area contributed by atoms with E-state index in [0.717, 1.165) is 51.6 Å². The zero-order valence-electron chi connectivity index (χ0n) is 18.9. The summed E-state index contributed by atoms with van der Waals surface area (Å²) in [5.41, 5.74) is 1.38. The lowest BCUT2D eigenvalue weighted by Crippen LogP contribution is -2.49. The van der Waals surface area contributed by atoms with E-state index in [4.69, 9.17) is 4.74 Å². The van der Waals surface area contributed by atoms with Gasteiger partial charge in [0.15, 0.2) is 0 Å². The van der Waals surface area contributed by atoms with Crippen molar-refractivity contribution < 1.29 is 9.84 Å². The van der Waals surface area contributed by atoms with Gasteiger partial charge in [0.1, 0.15) is 0 Å². The Bertz CT molecular complexity index is 568. The SMILES string of the molecule is CC1CCC(C(C)C)C(OCC(O)CN2CCN(Cc3ccccc3)CC2)C1.Cl.Cl. The number of ether oxygens (including phenoxy) is 1. The number of aliphatic hydroxyl groups is 1. The summed E-state index contributed by atoms with van der Waals surface area (Å²) in [5, 5.41) is 10.5. The molecule has 1 saturated carbocycles. The molecule has 4 atom stereocenters. The van der Waals surface area contributed by atoms with E-state index in [1.54, 1.807) is 0 Å². The third-order valence-corrected chi connectivity index (χ3v) is 6.65. The molecular weight excluding hydrogens is 419 g/mol. The first-order valence-corrected chi connectivity index (χ1v) is 11.3. The Labute approximate surface area is 196 Å². The van der Waals surface area contributed by atoms with Crippen LogP contribution in [0.3, 0.4) is 0 Å². The zero-order chi connectivity index (χ0) is 19.9. The van der Waals surface area contributed by atoms with E-state index in [1.165, 1.54) is 18.4 Å². The van der Waals surface area contributed by atoms with Crippen molar-refractivity contribution in [3.8, 4) is 0 Å². The van der Waals surface area contributed by atoms with Gasteiger partial charge in [-0.05, 0) is 36.2 Å². The molecule has 2 fully saturated rings. The molecular formula is C24H42Cl2N2O2. The number of aliphatic hydroxyl groups excluding tert-OH is 1. The van der Waals surface area contributed by atoms with Gasteiger partial charge < -0.3 is 9.84 Å². The average Bonchev–Trinajstić information content (AvgIpc) is 2.68. The molecule has 1 heterocycles. The van der Waals surface area contributed by atoms with Crippen molar-refractivity contribution in [2.75, 3.05) is 39.3 Å². The van der Waals surface area contributed by atoms with Crippen LogP contribution in [0.1, 0.15) is 45.6 Å². The molecule has 30 heavy (non-hydrogen) atoms. The molecule has 0 radical (unpaired) electrons. The minimum Gasteiger partial charge on any atom is -0.389 e. The molecule has 0 bridgehead atoms. The van der Waals surface area contributed by atoms with Crippen LogP contribution in [0, 0.1) is 17.8 Å². The van der Waals surface area contributed by atoms with Crippen molar-refractivity contribution in [3.63, 3.8) is 0 Å². The van der Waals surface area contributed by atoms with E-state index in [-0.39, 0.29) is 30.9 Å². The Morgan fingerprint density at radius 3 is 2.27 bits per heavy atom. The van der Waals surface area contributed by atoms with Crippen LogP contribution in [0.15, 0.2) is 30.3 Å². The molecule has 3 rings (SSSR count). The average molecular weight is 462 g/mol. The zero-order valence-corrected chi connectivity index (χ0v) is 20.5. The predicted molar refractivity (Wildman–Crippen MR) is 130 cm³/mol. The van der Waals surface area contributed by atoms with Gasteiger partial charge >= 0.3 is 0 Å². The minimum absolute atomic E-state index is 0. The van der Waals surface area contributed by atoms with Crippen LogP contribution in [0.25, 0.3) is 0 Å². The fourth-order valence-corrected chi connectivity index (χ4v) is 4.86. The van der Waals surface area contributed by atoms with E-state index in [9.17, 15) is 5.11 Å². The summed E-state index contributed by atoms with van der Waals surface area (Å²) >= 11 is 0. The number of benzene rings is 1. The number of nitrogens with zero attached hydrogens (tertiary/aromatic N) is 2. The summed E-state index contributed by atoms with van der Waals surface area (Å²) in [6.07, 6.45) is 3.67. The van der Waals surface area contributed by atoms with Crippen molar-refractivity contribution >= 4 is 24.8 Å². The quantitative estimate of drug-likeness (QED) is 0.619. The van der Waals surface area contributed by atoms with Gasteiger partial charge in [-0.1, -0.05) is 57.5 Å². The number of hydrogen-bond donors (Lipinski definition) is 1. The first kappa shape index (κ1) is 27.7. The molecule has 4 unspecified atom stereocenters. The Morgan fingerprint density at radius 1 is 1.00 bits per heavy atom. The largest absolute Gasteiger partial charge is 0.389 e. The Hall–Kier alpha value is -0.360. The highest BCUT2D eigenvalue weighted by Crippen LogP contribution is 2.35. The molecule has 1 aromatic rings. The molecule has 1 aliphatic carbocycles. The molecule has 2 aliphatic rings. The molecule has 4 nitrogen and oxygen atoms in total. The van der Waals surface area contributed by atoms with E-state index >= 15 is 0 Å². The summed E-state index contributed by atoms with van der Waals surface area (Å²) in [6.45, 7) is 13.4. The van der Waals surface area contributed by atoms with Gasteiger partial charge in [-0.25, -0.2) is 0 Å². The second-order valence-electron chi connectivity index (χ2n) is 9.41. The standard InChI is InChI=1S/C24H40N2O2.2ClH/c1-19(2)23-10-9-20(3)15-24(23)28-18-22(27)17-26-13-11-25(12-14-26)16-21-7-5-4-6-8-21;;/h4-8,19-20,22-24,27H,9-18H2,1-3H3;2*1H. The van der Waals surface area contributed by atoms with E-state index in [1.807, 2.05) is 0 Å². The van der Waals surface area contributed by atoms with Crippen molar-refractivity contribution in [1.29, 1.82) is 0 Å². The van der Waals surface area contributed by atoms with Gasteiger partial charge in [-0.2, -0.15) is 0 Å². The fourth-order valence-electron chi connectivity index (χ4n) is 4.86. The van der Waals surface area contributed by atoms with Gasteiger partial charge in [0.05, 0.1) is 18.8 Å². The Kier molecular flexibility index (Phi) is 12.8. The number of rotatable bonds is 8. The number of piperazine rings is 1. The maximum Gasteiger partial charge on any atom is 0.0900 e. The van der Waals surface area contributed by atoms with Gasteiger partial charge in [0.2, 0.25) is 0 Å². The van der Waals surface area contributed by atoms with Crippen LogP contribution in [0.5, 0.6) is 0 Å². The Morgan fingerprint density at radius 2 is 1.63 bits per heavy atom. The summed E-state index contributed by atoms with van der Waals surface area (Å²) < 4.78 is 6.24. The molecule has 0 aromatic heterocycles. The monoisotopic (exact) mass is 460 g/mol. The van der Waals surface area contributed by atoms with Crippen molar-refractivity contribution in [2.45, 2.75) is 58.8 Å². The lowest BCUT2D eigenvalue weighted by molar-refractivity contribution is -0.0755. The summed E-state index contributed by atoms with van der Waals surface area (Å²) in [4.78, 5) is 4.89. The maximum absolute atomic E-state index is 10.5. The summed E-state index contributed by atoms with van der Waals surface area (Å²) in [6, 6.07) is 10.7. The van der Waals surface area contributed by atoms with Gasteiger partial charge in [0.25, 0.3) is 0 Å². The molecule has 0 amide bonds. The Balaban J connectivity index is 0.00000225. The molecule has 174 valence electrons. The van der Waals surface area contributed by atoms with Crippen LogP contribution >= 0.6 is 24.8 Å². The smallest absolute Gasteiger partial charge is 0.0900 e. The molecule has 1 aliphatic heterocycles. The topological polar surface area (TPSA) is 35.9 Å². The van der Waals surface area contributed by atoms with E-state index < -0.39 is 0 Å². The number of halogens is 2. The first-order chi connectivity index (χ1) is 13.5. The predicted octanol–water partition coefficient (Wildman–Crippen LogP) is 4.49. The first-order valence-electron chi connectivity index (χ1n) is 11.3. The van der Waals surface area contributed by atoms with Crippen LogP contribution in [0.2, 0.25) is 0 Å². The highest BCUT2D eigenvalue weighted by molar-refractivity contribution is 5.85. The second kappa shape index (κ2) is 13.9. The second-order valence-corrected chi connectivity index (χ2v) is 9.41. The third-order valence-electron chi connectivity index (χ3n) is 6.65. The highest BCUT2D eigenvalue weighted by Gasteiger charge is 2.32. The number of β-amino-alcohol motifs (C(OH)–C–C–N with tert-alkyl or cyclic N) is 1. The van der Waals surface area contributed by atoms with Gasteiger partial charge in [-0.15, -0.1) is 24.8 Å². The lowest BCUT2D eigenvalue weighted by Gasteiger charge is -2.38. The normalized spacial score (nSPS) is 26.6. The van der Waals surface area contributed by atoms with Crippen molar-refractivity contribution in [1.82, 2.24) is 9.80 Å². The molecule has 0 spiro atoms. The molecule has 6 heteroatoms. The van der Waals surface area contributed by atoms with Gasteiger partial charge in [0, 0.05) is 39.3 Å². The summed E-state index contributed by atoms with van der Waals surface area (Å²) in [7, 11) is 0. The summed E-state index contributed by atoms with van der Waals surface area (Å²) in [5.74, 6) is 2.05. The van der Waals surface area contributed by atoms with Gasteiger partial charge in [-0.3, -0.25) is 9.80 Å².